The van der Waals surface area contributed by atoms with Gasteiger partial charge in [-0.3, -0.25) is 19.2 Å². The average Bonchev–Trinajstić information content (AvgIpc) is 3.37. The van der Waals surface area contributed by atoms with Gasteiger partial charge in [0.1, 0.15) is 29.8 Å². The average molecular weight is 554 g/mol. The second kappa shape index (κ2) is 10.0. The largest absolute Gasteiger partial charge is 0.460 e. The normalized spacial score (nSPS) is 36.9. The van der Waals surface area contributed by atoms with Crippen LogP contribution >= 0.6 is 15.9 Å². The van der Waals surface area contributed by atoms with Gasteiger partial charge in [-0.2, -0.15) is 0 Å². The van der Waals surface area contributed by atoms with E-state index in [1.54, 1.807) is 17.9 Å². The van der Waals surface area contributed by atoms with E-state index in [0.29, 0.717) is 10.9 Å². The van der Waals surface area contributed by atoms with E-state index in [1.807, 2.05) is 26.0 Å². The molecule has 4 aliphatic rings. The Morgan fingerprint density at radius 2 is 1.97 bits per heavy atom. The number of carbonyl (C=O) groups is 4. The first-order chi connectivity index (χ1) is 16.6. The van der Waals surface area contributed by atoms with E-state index in [9.17, 15) is 24.3 Å². The van der Waals surface area contributed by atoms with Crippen LogP contribution in [0.25, 0.3) is 0 Å². The van der Waals surface area contributed by atoms with Crippen LogP contribution in [0, 0.1) is 11.8 Å². The molecule has 11 heteroatoms. The predicted octanol–water partition coefficient (Wildman–Crippen LogP) is 0.487. The van der Waals surface area contributed by atoms with Crippen LogP contribution in [-0.2, 0) is 28.7 Å². The number of fused-ring (bicyclic) bond motifs is 2. The van der Waals surface area contributed by atoms with Crippen LogP contribution in [0.2, 0.25) is 0 Å². The summed E-state index contributed by atoms with van der Waals surface area (Å²) in [5.41, 5.74) is -1.35. The molecular formula is C24H32BrN3O7. The van der Waals surface area contributed by atoms with Crippen LogP contribution < -0.4 is 5.32 Å². The van der Waals surface area contributed by atoms with Crippen LogP contribution in [0.4, 0.5) is 0 Å². The van der Waals surface area contributed by atoms with Crippen molar-refractivity contribution in [2.45, 2.75) is 63.5 Å². The summed E-state index contributed by atoms with van der Waals surface area (Å²) in [4.78, 5) is 56.1. The molecule has 10 nitrogen and oxygen atoms in total. The van der Waals surface area contributed by atoms with Gasteiger partial charge in [-0.05, 0) is 33.3 Å². The highest BCUT2D eigenvalue weighted by molar-refractivity contribution is 9.11. The molecule has 4 aliphatic heterocycles. The van der Waals surface area contributed by atoms with E-state index >= 15 is 0 Å². The summed E-state index contributed by atoms with van der Waals surface area (Å²) in [5, 5.41) is 12.5. The van der Waals surface area contributed by atoms with Gasteiger partial charge in [-0.25, -0.2) is 0 Å². The van der Waals surface area contributed by atoms with Crippen LogP contribution in [-0.4, -0.2) is 94.7 Å². The highest BCUT2D eigenvalue weighted by atomic mass is 79.9. The van der Waals surface area contributed by atoms with Gasteiger partial charge in [0.2, 0.25) is 17.7 Å². The minimum atomic E-state index is -1.35. The van der Waals surface area contributed by atoms with Gasteiger partial charge in [0.05, 0.1) is 19.1 Å². The number of esters is 1. The standard InChI is InChI=1S/C24H32BrN3O7/c1-13(2)27-8-6-4-5-7-16(30)26-12-14(3)34-23(33)17-18-21(31)28(9-10-29)20(22(27)32)24(18)11-15(25)19(17)35-24/h4,6,11,13-14,17-20,29H,5,7-10,12H2,1-3H3,(H,26,30)/b6-4-/t14-,17+,18-,19+,20+,24-/m0/s1. The minimum Gasteiger partial charge on any atom is -0.460 e. The Labute approximate surface area is 212 Å². The molecule has 6 atom stereocenters. The molecule has 0 aliphatic carbocycles. The molecular weight excluding hydrogens is 522 g/mol. The van der Waals surface area contributed by atoms with E-state index in [-0.39, 0.29) is 50.5 Å². The smallest absolute Gasteiger partial charge is 0.313 e. The van der Waals surface area contributed by atoms with Crippen molar-refractivity contribution >= 4 is 39.6 Å². The van der Waals surface area contributed by atoms with Crippen LogP contribution in [0.15, 0.2) is 22.7 Å². The zero-order valence-electron chi connectivity index (χ0n) is 20.1. The van der Waals surface area contributed by atoms with E-state index in [1.165, 1.54) is 4.90 Å². The molecule has 2 saturated heterocycles. The van der Waals surface area contributed by atoms with E-state index in [2.05, 4.69) is 21.2 Å². The zero-order valence-corrected chi connectivity index (χ0v) is 21.7. The molecule has 4 heterocycles. The number of β-amino-alcohol motifs (C(OH)–C–C–N with tert-alkyl or cyclic N) is 1. The number of hydrogen-bond acceptors (Lipinski definition) is 7. The number of aliphatic hydroxyl groups is 1. The van der Waals surface area contributed by atoms with Crippen molar-refractivity contribution in [2.24, 2.45) is 11.8 Å². The van der Waals surface area contributed by atoms with Gasteiger partial charge in [0.25, 0.3) is 0 Å². The Morgan fingerprint density at radius 3 is 2.66 bits per heavy atom. The topological polar surface area (TPSA) is 125 Å². The lowest BCUT2D eigenvalue weighted by Gasteiger charge is -2.37. The summed E-state index contributed by atoms with van der Waals surface area (Å²) in [7, 11) is 0. The third-order valence-corrected chi connectivity index (χ3v) is 7.77. The molecule has 1 spiro atoms. The van der Waals surface area contributed by atoms with Crippen LogP contribution in [0.5, 0.6) is 0 Å². The SMILES string of the molecule is CC(C)N1C/C=C\CCC(=O)NC[C@H](C)OC(=O)[C@H]2[C@@H]3O[C@@]4(C=C3Br)[C@@H]2C(=O)N(CCO)[C@@H]4C1=O. The van der Waals surface area contributed by atoms with Crippen LogP contribution in [0.1, 0.15) is 33.6 Å². The van der Waals surface area contributed by atoms with Crippen molar-refractivity contribution in [1.29, 1.82) is 0 Å². The maximum absolute atomic E-state index is 14.0. The Hall–Kier alpha value is -2.24. The number of ether oxygens (including phenoxy) is 2. The summed E-state index contributed by atoms with van der Waals surface area (Å²) >= 11 is 3.48. The van der Waals surface area contributed by atoms with Crippen molar-refractivity contribution in [2.75, 3.05) is 26.2 Å². The molecule has 192 valence electrons. The number of aliphatic hydroxyl groups excluding tert-OH is 1. The van der Waals surface area contributed by atoms with Crippen molar-refractivity contribution in [3.63, 3.8) is 0 Å². The molecule has 2 fully saturated rings. The number of rotatable bonds is 3. The second-order valence-electron chi connectivity index (χ2n) is 9.73. The number of cyclic esters (lactones) is 1. The number of amides is 3. The predicted molar refractivity (Wildman–Crippen MR) is 128 cm³/mol. The molecule has 0 aromatic carbocycles. The number of halogens is 1. The molecule has 0 saturated carbocycles. The molecule has 2 N–H and O–H groups in total. The fourth-order valence-electron chi connectivity index (χ4n) is 5.51. The third kappa shape index (κ3) is 4.42. The van der Waals surface area contributed by atoms with Crippen molar-refractivity contribution in [1.82, 2.24) is 15.1 Å². The van der Waals surface area contributed by atoms with Gasteiger partial charge in [-0.15, -0.1) is 0 Å². The first-order valence-electron chi connectivity index (χ1n) is 12.0. The van der Waals surface area contributed by atoms with Gasteiger partial charge in [0.15, 0.2) is 0 Å². The fraction of sp³-hybridized carbons (Fsp3) is 0.667. The molecule has 35 heavy (non-hydrogen) atoms. The molecule has 0 aromatic heterocycles. The van der Waals surface area contributed by atoms with E-state index in [4.69, 9.17) is 9.47 Å². The maximum atomic E-state index is 14.0. The fourth-order valence-corrected chi connectivity index (χ4v) is 6.25. The van der Waals surface area contributed by atoms with Gasteiger partial charge in [0, 0.05) is 30.0 Å². The quantitative estimate of drug-likeness (QED) is 0.384. The van der Waals surface area contributed by atoms with Gasteiger partial charge >= 0.3 is 5.97 Å². The van der Waals surface area contributed by atoms with Gasteiger partial charge in [-0.1, -0.05) is 28.1 Å². The molecule has 3 amide bonds. The van der Waals surface area contributed by atoms with E-state index < -0.39 is 47.6 Å². The minimum absolute atomic E-state index is 0.0566. The lowest BCUT2D eigenvalue weighted by Crippen LogP contribution is -2.57. The summed E-state index contributed by atoms with van der Waals surface area (Å²) in [5.74, 6) is -3.44. The maximum Gasteiger partial charge on any atom is 0.313 e. The highest BCUT2D eigenvalue weighted by Gasteiger charge is 2.74. The molecule has 0 aromatic rings. The Kier molecular flexibility index (Phi) is 7.40. The first-order valence-corrected chi connectivity index (χ1v) is 12.8. The number of allylic oxidation sites excluding steroid dienone is 1. The lowest BCUT2D eigenvalue weighted by atomic mass is 9.74. The van der Waals surface area contributed by atoms with Crippen molar-refractivity contribution in [3.8, 4) is 0 Å². The van der Waals surface area contributed by atoms with Crippen molar-refractivity contribution < 1.29 is 33.8 Å². The molecule has 0 radical (unpaired) electrons. The highest BCUT2D eigenvalue weighted by Crippen LogP contribution is 2.58. The third-order valence-electron chi connectivity index (χ3n) is 7.09. The number of hydrogen-bond donors (Lipinski definition) is 2. The lowest BCUT2D eigenvalue weighted by molar-refractivity contribution is -0.158. The first kappa shape index (κ1) is 25.8. The Morgan fingerprint density at radius 1 is 1.23 bits per heavy atom. The molecule has 4 rings (SSSR count). The van der Waals surface area contributed by atoms with E-state index in [0.717, 1.165) is 0 Å². The Bertz CT molecular complexity index is 967. The number of nitrogens with one attached hydrogen (secondary N) is 1. The summed E-state index contributed by atoms with van der Waals surface area (Å²) in [6.45, 7) is 5.47. The van der Waals surface area contributed by atoms with Crippen LogP contribution in [0.3, 0.4) is 0 Å². The number of likely N-dealkylation sites (tertiary alicyclic amines) is 1. The zero-order chi connectivity index (χ0) is 25.5. The van der Waals surface area contributed by atoms with Crippen molar-refractivity contribution in [3.05, 3.63) is 22.7 Å². The summed E-state index contributed by atoms with van der Waals surface area (Å²) in [6.07, 6.45) is 4.81. The molecule has 5 bridgehead atoms. The summed E-state index contributed by atoms with van der Waals surface area (Å²) in [6, 6.07) is -1.22. The summed E-state index contributed by atoms with van der Waals surface area (Å²) < 4.78 is 12.5. The second-order valence-corrected chi connectivity index (χ2v) is 10.6. The number of nitrogens with zero attached hydrogens (tertiary/aromatic N) is 2. The Balaban J connectivity index is 1.78. The molecule has 0 unspecified atom stereocenters. The number of carbonyl (C=O) groups excluding carboxylic acids is 4. The monoisotopic (exact) mass is 553 g/mol. The van der Waals surface area contributed by atoms with Gasteiger partial charge < -0.3 is 29.7 Å².